The second kappa shape index (κ2) is 8.29. The molecule has 2 aromatic rings. The maximum absolute atomic E-state index is 5.93. The first-order valence-corrected chi connectivity index (χ1v) is 8.72. The van der Waals surface area contributed by atoms with Gasteiger partial charge in [-0.3, -0.25) is 0 Å². The molecule has 0 radical (unpaired) electrons. The highest BCUT2D eigenvalue weighted by molar-refractivity contribution is 9.10. The number of likely N-dealkylation sites (N-methyl/N-ethyl adjacent to an activating group) is 1. The Labute approximate surface area is 147 Å². The van der Waals surface area contributed by atoms with Crippen LogP contribution in [0.3, 0.4) is 0 Å². The van der Waals surface area contributed by atoms with Gasteiger partial charge in [0.25, 0.3) is 0 Å². The third kappa shape index (κ3) is 4.67. The number of aryl methyl sites for hydroxylation is 3. The maximum atomic E-state index is 5.93. The van der Waals surface area contributed by atoms with Crippen LogP contribution in [0.5, 0.6) is 5.75 Å². The first kappa shape index (κ1) is 17.7. The summed E-state index contributed by atoms with van der Waals surface area (Å²) in [5.74, 6) is 1.84. The van der Waals surface area contributed by atoms with E-state index in [1.807, 2.05) is 14.0 Å². The third-order valence-electron chi connectivity index (χ3n) is 3.77. The molecule has 0 aliphatic rings. The van der Waals surface area contributed by atoms with Crippen LogP contribution in [0.15, 0.2) is 29.0 Å². The molecule has 0 aliphatic heterocycles. The van der Waals surface area contributed by atoms with E-state index in [0.29, 0.717) is 6.61 Å². The number of benzene rings is 1. The minimum atomic E-state index is 0.611. The predicted molar refractivity (Wildman–Crippen MR) is 98.4 cm³/mol. The Kier molecular flexibility index (Phi) is 6.39. The van der Waals surface area contributed by atoms with E-state index in [2.05, 4.69) is 62.8 Å². The molecule has 0 bridgehead atoms. The average molecular weight is 378 g/mol. The number of nitrogens with zero attached hydrogens (tertiary/aromatic N) is 3. The molecule has 0 atom stereocenters. The summed E-state index contributed by atoms with van der Waals surface area (Å²) in [5.41, 5.74) is 3.50. The van der Waals surface area contributed by atoms with E-state index in [4.69, 9.17) is 4.74 Å². The fraction of sp³-hybridized carbons (Fsp3) is 0.444. The van der Waals surface area contributed by atoms with Gasteiger partial charge in [0.15, 0.2) is 0 Å². The van der Waals surface area contributed by atoms with Gasteiger partial charge in [0.05, 0.1) is 16.7 Å². The van der Waals surface area contributed by atoms with Gasteiger partial charge in [-0.05, 0) is 53.4 Å². The molecule has 4 nitrogen and oxygen atoms in total. The molecule has 23 heavy (non-hydrogen) atoms. The van der Waals surface area contributed by atoms with Crippen molar-refractivity contribution in [2.75, 3.05) is 25.1 Å². The highest BCUT2D eigenvalue weighted by Gasteiger charge is 2.10. The Morgan fingerprint density at radius 3 is 2.70 bits per heavy atom. The van der Waals surface area contributed by atoms with Gasteiger partial charge < -0.3 is 9.64 Å². The van der Waals surface area contributed by atoms with Gasteiger partial charge in [0.1, 0.15) is 24.5 Å². The Morgan fingerprint density at radius 2 is 2.00 bits per heavy atom. The van der Waals surface area contributed by atoms with Crippen LogP contribution in [0.2, 0.25) is 0 Å². The molecular formula is C18H24BrN3O. The van der Waals surface area contributed by atoms with Gasteiger partial charge >= 0.3 is 0 Å². The summed E-state index contributed by atoms with van der Waals surface area (Å²) in [5, 5.41) is 0. The lowest BCUT2D eigenvalue weighted by Gasteiger charge is -2.20. The number of aromatic nitrogens is 2. The summed E-state index contributed by atoms with van der Waals surface area (Å²) in [4.78, 5) is 10.6. The molecule has 0 spiro atoms. The molecule has 5 heteroatoms. The first-order valence-electron chi connectivity index (χ1n) is 7.93. The standard InChI is InChI=1S/C18H24BrN3O/c1-5-6-15-7-8-16(13(2)11-15)23-10-9-22(4)18-17(19)14(3)20-12-21-18/h7-8,11-12H,5-6,9-10H2,1-4H3. The normalized spacial score (nSPS) is 10.7. The van der Waals surface area contributed by atoms with Crippen LogP contribution < -0.4 is 9.64 Å². The van der Waals surface area contributed by atoms with Crippen LogP contribution in [-0.2, 0) is 6.42 Å². The molecule has 2 rings (SSSR count). The topological polar surface area (TPSA) is 38.2 Å². The zero-order valence-corrected chi connectivity index (χ0v) is 15.9. The van der Waals surface area contributed by atoms with Crippen molar-refractivity contribution in [3.05, 3.63) is 45.8 Å². The summed E-state index contributed by atoms with van der Waals surface area (Å²) in [6.07, 6.45) is 3.87. The van der Waals surface area contributed by atoms with Gasteiger partial charge in [0.2, 0.25) is 0 Å². The monoisotopic (exact) mass is 377 g/mol. The van der Waals surface area contributed by atoms with E-state index in [9.17, 15) is 0 Å². The van der Waals surface area contributed by atoms with Crippen LogP contribution >= 0.6 is 15.9 Å². The summed E-state index contributed by atoms with van der Waals surface area (Å²) >= 11 is 3.54. The average Bonchev–Trinajstić information content (AvgIpc) is 2.52. The zero-order chi connectivity index (χ0) is 16.8. The second-order valence-electron chi connectivity index (χ2n) is 5.72. The summed E-state index contributed by atoms with van der Waals surface area (Å²) in [6.45, 7) is 7.62. The van der Waals surface area contributed by atoms with Crippen LogP contribution in [-0.4, -0.2) is 30.2 Å². The van der Waals surface area contributed by atoms with E-state index in [-0.39, 0.29) is 0 Å². The molecule has 0 unspecified atom stereocenters. The van der Waals surface area contributed by atoms with E-state index in [0.717, 1.165) is 41.1 Å². The van der Waals surface area contributed by atoms with Crippen LogP contribution in [0.25, 0.3) is 0 Å². The Hall–Kier alpha value is -1.62. The Balaban J connectivity index is 1.93. The molecule has 0 fully saturated rings. The molecule has 0 amide bonds. The molecule has 0 saturated heterocycles. The lowest BCUT2D eigenvalue weighted by Crippen LogP contribution is -2.25. The van der Waals surface area contributed by atoms with Crippen molar-refractivity contribution < 1.29 is 4.74 Å². The van der Waals surface area contributed by atoms with Crippen molar-refractivity contribution in [3.8, 4) is 5.75 Å². The molecule has 0 saturated carbocycles. The molecule has 124 valence electrons. The highest BCUT2D eigenvalue weighted by Crippen LogP contribution is 2.24. The van der Waals surface area contributed by atoms with Gasteiger partial charge in [-0.1, -0.05) is 25.5 Å². The quantitative estimate of drug-likeness (QED) is 0.719. The number of hydrogen-bond donors (Lipinski definition) is 0. The zero-order valence-electron chi connectivity index (χ0n) is 14.3. The van der Waals surface area contributed by atoms with Crippen molar-refractivity contribution in [2.45, 2.75) is 33.6 Å². The number of rotatable bonds is 7. The van der Waals surface area contributed by atoms with E-state index in [1.165, 1.54) is 11.1 Å². The fourth-order valence-electron chi connectivity index (χ4n) is 2.43. The number of hydrogen-bond acceptors (Lipinski definition) is 4. The fourth-order valence-corrected chi connectivity index (χ4v) is 2.93. The van der Waals surface area contributed by atoms with E-state index >= 15 is 0 Å². The Morgan fingerprint density at radius 1 is 1.22 bits per heavy atom. The SMILES string of the molecule is CCCc1ccc(OCCN(C)c2ncnc(C)c2Br)c(C)c1. The predicted octanol–water partition coefficient (Wildman–Crippen LogP) is 4.32. The number of ether oxygens (including phenoxy) is 1. The van der Waals surface area contributed by atoms with E-state index < -0.39 is 0 Å². The van der Waals surface area contributed by atoms with Crippen LogP contribution in [0, 0.1) is 13.8 Å². The van der Waals surface area contributed by atoms with Gasteiger partial charge in [-0.15, -0.1) is 0 Å². The summed E-state index contributed by atoms with van der Waals surface area (Å²) in [6, 6.07) is 6.44. The molecule has 1 aromatic carbocycles. The van der Waals surface area contributed by atoms with E-state index in [1.54, 1.807) is 6.33 Å². The molecule has 1 aromatic heterocycles. The lowest BCUT2D eigenvalue weighted by atomic mass is 10.1. The summed E-state index contributed by atoms with van der Waals surface area (Å²) in [7, 11) is 2.01. The summed E-state index contributed by atoms with van der Waals surface area (Å²) < 4.78 is 6.86. The first-order chi connectivity index (χ1) is 11.0. The number of anilines is 1. The van der Waals surface area contributed by atoms with Crippen molar-refractivity contribution in [1.29, 1.82) is 0 Å². The van der Waals surface area contributed by atoms with Crippen molar-refractivity contribution >= 4 is 21.7 Å². The van der Waals surface area contributed by atoms with Crippen LogP contribution in [0.4, 0.5) is 5.82 Å². The molecule has 0 aliphatic carbocycles. The van der Waals surface area contributed by atoms with Crippen molar-refractivity contribution in [1.82, 2.24) is 9.97 Å². The van der Waals surface area contributed by atoms with Crippen molar-refractivity contribution in [2.24, 2.45) is 0 Å². The van der Waals surface area contributed by atoms with Gasteiger partial charge in [-0.25, -0.2) is 9.97 Å². The second-order valence-corrected chi connectivity index (χ2v) is 6.51. The minimum absolute atomic E-state index is 0.611. The number of halogens is 1. The van der Waals surface area contributed by atoms with Gasteiger partial charge in [0, 0.05) is 7.05 Å². The molecule has 1 heterocycles. The minimum Gasteiger partial charge on any atom is -0.491 e. The molecule has 0 N–H and O–H groups in total. The molecular weight excluding hydrogens is 354 g/mol. The van der Waals surface area contributed by atoms with Crippen molar-refractivity contribution in [3.63, 3.8) is 0 Å². The smallest absolute Gasteiger partial charge is 0.146 e. The maximum Gasteiger partial charge on any atom is 0.146 e. The Bertz CT molecular complexity index is 661. The highest BCUT2D eigenvalue weighted by atomic mass is 79.9. The largest absolute Gasteiger partial charge is 0.491 e. The van der Waals surface area contributed by atoms with Crippen LogP contribution in [0.1, 0.15) is 30.2 Å². The van der Waals surface area contributed by atoms with Gasteiger partial charge in [-0.2, -0.15) is 0 Å². The third-order valence-corrected chi connectivity index (χ3v) is 4.70. The lowest BCUT2D eigenvalue weighted by molar-refractivity contribution is 0.323.